The van der Waals surface area contributed by atoms with E-state index in [2.05, 4.69) is 10.8 Å². The van der Waals surface area contributed by atoms with Gasteiger partial charge in [-0.15, -0.1) is 0 Å². The van der Waals surface area contributed by atoms with Crippen LogP contribution in [0.15, 0.2) is 23.3 Å². The highest BCUT2D eigenvalue weighted by Crippen LogP contribution is 2.47. The summed E-state index contributed by atoms with van der Waals surface area (Å²) in [5.74, 6) is 0.220. The van der Waals surface area contributed by atoms with Crippen LogP contribution in [0.4, 0.5) is 0 Å². The molecule has 66 valence electrons. The van der Waals surface area contributed by atoms with E-state index < -0.39 is 11.9 Å². The molecule has 1 aliphatic heterocycles. The van der Waals surface area contributed by atoms with E-state index in [-0.39, 0.29) is 6.42 Å². The number of hydrogen-bond donors (Lipinski definition) is 0. The summed E-state index contributed by atoms with van der Waals surface area (Å²) in [4.78, 5) is 22.2. The van der Waals surface area contributed by atoms with Crippen molar-refractivity contribution in [1.29, 1.82) is 0 Å². The first-order chi connectivity index (χ1) is 6.24. The van der Waals surface area contributed by atoms with Crippen molar-refractivity contribution in [3.8, 4) is 0 Å². The number of carbonyl (C=O) groups excluding carboxylic acids is 2. The van der Waals surface area contributed by atoms with Crippen LogP contribution in [-0.4, -0.2) is 11.9 Å². The molecule has 2 aliphatic carbocycles. The van der Waals surface area contributed by atoms with Gasteiger partial charge in [-0.1, -0.05) is 12.2 Å². The summed E-state index contributed by atoms with van der Waals surface area (Å²) in [7, 11) is 0. The van der Waals surface area contributed by atoms with Crippen molar-refractivity contribution in [1.82, 2.24) is 0 Å². The molecule has 2 atom stereocenters. The Morgan fingerprint density at radius 1 is 1.23 bits per heavy atom. The van der Waals surface area contributed by atoms with E-state index in [4.69, 9.17) is 0 Å². The van der Waals surface area contributed by atoms with Gasteiger partial charge in [0, 0.05) is 0 Å². The number of rotatable bonds is 0. The summed E-state index contributed by atoms with van der Waals surface area (Å²) >= 11 is 0. The normalized spacial score (nSPS) is 35.4. The maximum atomic E-state index is 11.3. The average Bonchev–Trinajstić information content (AvgIpc) is 2.78. The Hall–Kier alpha value is -1.38. The quantitative estimate of drug-likeness (QED) is 0.408. The molecule has 3 heteroatoms. The molecule has 3 rings (SSSR count). The number of fused-ring (bicyclic) bond motifs is 2. The number of carbonyl (C=O) groups is 2. The Bertz CT molecular complexity index is 376. The van der Waals surface area contributed by atoms with Crippen molar-refractivity contribution < 1.29 is 14.3 Å². The van der Waals surface area contributed by atoms with Gasteiger partial charge in [0.15, 0.2) is 0 Å². The van der Waals surface area contributed by atoms with Crippen molar-refractivity contribution in [3.05, 3.63) is 23.3 Å². The molecule has 0 N–H and O–H groups in total. The van der Waals surface area contributed by atoms with Gasteiger partial charge >= 0.3 is 11.9 Å². The first-order valence-corrected chi connectivity index (χ1v) is 4.42. The molecule has 0 amide bonds. The molecule has 0 aromatic heterocycles. The molecule has 0 radical (unpaired) electrons. The molecule has 1 saturated carbocycles. The summed E-state index contributed by atoms with van der Waals surface area (Å²) in [6.07, 6.45) is 5.39. The van der Waals surface area contributed by atoms with Crippen LogP contribution in [0, 0.1) is 11.8 Å². The Morgan fingerprint density at radius 3 is 2.85 bits per heavy atom. The second kappa shape index (κ2) is 2.10. The number of cyclic esters (lactones) is 2. The van der Waals surface area contributed by atoms with Gasteiger partial charge in [-0.3, -0.25) is 4.79 Å². The number of hydrogen-bond acceptors (Lipinski definition) is 3. The van der Waals surface area contributed by atoms with Crippen LogP contribution in [-0.2, 0) is 14.3 Å². The minimum Gasteiger partial charge on any atom is -0.389 e. The SMILES string of the molecule is O=C1CC2=CC3CC3C=C2C(=O)O1. The zero-order valence-corrected chi connectivity index (χ0v) is 6.95. The fraction of sp³-hybridized carbons (Fsp3) is 0.400. The molecular formula is C10H8O3. The van der Waals surface area contributed by atoms with E-state index in [0.29, 0.717) is 17.4 Å². The minimum atomic E-state index is -0.465. The van der Waals surface area contributed by atoms with Crippen LogP contribution in [0.2, 0.25) is 0 Å². The highest BCUT2D eigenvalue weighted by Gasteiger charge is 2.41. The summed E-state index contributed by atoms with van der Waals surface area (Å²) in [6.45, 7) is 0. The second-order valence-corrected chi connectivity index (χ2v) is 3.77. The third-order valence-electron chi connectivity index (χ3n) is 2.79. The van der Waals surface area contributed by atoms with Crippen LogP contribution in [0.25, 0.3) is 0 Å². The van der Waals surface area contributed by atoms with Crippen LogP contribution in [0.3, 0.4) is 0 Å². The molecule has 0 aromatic rings. The third kappa shape index (κ3) is 0.963. The van der Waals surface area contributed by atoms with Crippen molar-refractivity contribution in [2.45, 2.75) is 12.8 Å². The molecule has 2 fully saturated rings. The van der Waals surface area contributed by atoms with Gasteiger partial charge in [-0.25, -0.2) is 4.79 Å². The zero-order valence-electron chi connectivity index (χ0n) is 6.95. The largest absolute Gasteiger partial charge is 0.389 e. The first kappa shape index (κ1) is 7.06. The predicted octanol–water partition coefficient (Wildman–Crippen LogP) is 0.962. The molecular weight excluding hydrogens is 168 g/mol. The van der Waals surface area contributed by atoms with Gasteiger partial charge in [-0.2, -0.15) is 0 Å². The minimum absolute atomic E-state index is 0.265. The van der Waals surface area contributed by atoms with Gasteiger partial charge in [0.2, 0.25) is 0 Å². The van der Waals surface area contributed by atoms with E-state index in [9.17, 15) is 9.59 Å². The molecule has 0 aromatic carbocycles. The summed E-state index contributed by atoms with van der Waals surface area (Å²) in [5, 5.41) is 0. The highest BCUT2D eigenvalue weighted by molar-refractivity contribution is 6.05. The summed E-state index contributed by atoms with van der Waals surface area (Å²) in [5.41, 5.74) is 1.50. The lowest BCUT2D eigenvalue weighted by Crippen LogP contribution is -2.24. The van der Waals surface area contributed by atoms with E-state index >= 15 is 0 Å². The van der Waals surface area contributed by atoms with Crippen molar-refractivity contribution in [3.63, 3.8) is 0 Å². The molecule has 1 saturated heterocycles. The van der Waals surface area contributed by atoms with Gasteiger partial charge in [0.25, 0.3) is 0 Å². The fourth-order valence-corrected chi connectivity index (χ4v) is 1.99. The van der Waals surface area contributed by atoms with Crippen LogP contribution < -0.4 is 0 Å². The molecule has 1 heterocycles. The molecule has 0 bridgehead atoms. The van der Waals surface area contributed by atoms with Crippen molar-refractivity contribution in [2.24, 2.45) is 11.8 Å². The third-order valence-corrected chi connectivity index (χ3v) is 2.79. The molecule has 3 aliphatic rings. The van der Waals surface area contributed by atoms with Crippen molar-refractivity contribution >= 4 is 11.9 Å². The topological polar surface area (TPSA) is 43.4 Å². The lowest BCUT2D eigenvalue weighted by atomic mass is 9.94. The number of allylic oxidation sites excluding steroid dienone is 2. The van der Waals surface area contributed by atoms with Crippen LogP contribution in [0.1, 0.15) is 12.8 Å². The van der Waals surface area contributed by atoms with Crippen molar-refractivity contribution in [2.75, 3.05) is 0 Å². The van der Waals surface area contributed by atoms with Gasteiger partial charge in [-0.05, 0) is 23.8 Å². The van der Waals surface area contributed by atoms with Gasteiger partial charge < -0.3 is 4.74 Å². The Morgan fingerprint density at radius 2 is 2.00 bits per heavy atom. The Kier molecular flexibility index (Phi) is 1.14. The predicted molar refractivity (Wildman–Crippen MR) is 43.5 cm³/mol. The monoisotopic (exact) mass is 176 g/mol. The molecule has 13 heavy (non-hydrogen) atoms. The molecule has 2 unspecified atom stereocenters. The summed E-state index contributed by atoms with van der Waals surface area (Å²) in [6, 6.07) is 0. The Balaban J connectivity index is 2.04. The lowest BCUT2D eigenvalue weighted by molar-refractivity contribution is -0.157. The van der Waals surface area contributed by atoms with Crippen LogP contribution in [0.5, 0.6) is 0 Å². The average molecular weight is 176 g/mol. The second-order valence-electron chi connectivity index (χ2n) is 3.77. The van der Waals surface area contributed by atoms with E-state index in [1.54, 1.807) is 0 Å². The maximum absolute atomic E-state index is 11.3. The zero-order chi connectivity index (χ0) is 9.00. The molecule has 0 spiro atoms. The fourth-order valence-electron chi connectivity index (χ4n) is 1.99. The Labute approximate surface area is 75.1 Å². The standard InChI is InChI=1S/C10H8O3/c11-9-4-7-2-5-1-6(5)3-8(7)10(12)13-9/h2-3,5-6H,1,4H2. The van der Waals surface area contributed by atoms with E-state index in [0.717, 1.165) is 12.0 Å². The highest BCUT2D eigenvalue weighted by atomic mass is 16.6. The lowest BCUT2D eigenvalue weighted by Gasteiger charge is -2.18. The van der Waals surface area contributed by atoms with Gasteiger partial charge in [0.1, 0.15) is 0 Å². The van der Waals surface area contributed by atoms with E-state index in [1.165, 1.54) is 0 Å². The summed E-state index contributed by atoms with van der Waals surface area (Å²) < 4.78 is 4.54. The maximum Gasteiger partial charge on any atom is 0.345 e. The number of ether oxygens (including phenoxy) is 1. The first-order valence-electron chi connectivity index (χ1n) is 4.42. The van der Waals surface area contributed by atoms with E-state index in [1.807, 2.05) is 6.08 Å². The number of esters is 2. The van der Waals surface area contributed by atoms with Gasteiger partial charge in [0.05, 0.1) is 12.0 Å². The smallest absolute Gasteiger partial charge is 0.345 e. The van der Waals surface area contributed by atoms with Crippen LogP contribution >= 0.6 is 0 Å². The molecule has 3 nitrogen and oxygen atoms in total.